The van der Waals surface area contributed by atoms with E-state index in [2.05, 4.69) is 4.90 Å². The minimum atomic E-state index is -3.78. The highest BCUT2D eigenvalue weighted by molar-refractivity contribution is 7.85. The number of morpholine rings is 1. The fourth-order valence-electron chi connectivity index (χ4n) is 4.25. The SMILES string of the molecule is O=C(O)CN(CCN(CC(=O)O)CC(=O)O)CC(=O)O.O=C(O)CN(CCN(CC(=O)O)CC(=O)O)CC(=O)O.O=S(=O)(O)CCCN1CCOCC1. The van der Waals surface area contributed by atoms with Gasteiger partial charge >= 0.3 is 47.8 Å². The van der Waals surface area contributed by atoms with E-state index in [4.69, 9.17) is 50.1 Å². The predicted octanol–water partition coefficient (Wildman–Crippen LogP) is -4.55. The van der Waals surface area contributed by atoms with Crippen LogP contribution in [-0.2, 0) is 53.2 Å². The average molecular weight is 794 g/mol. The highest BCUT2D eigenvalue weighted by Crippen LogP contribution is 1.99. The average Bonchev–Trinajstić information content (AvgIpc) is 2.97. The summed E-state index contributed by atoms with van der Waals surface area (Å²) in [5.41, 5.74) is 0. The molecule has 0 amide bonds. The van der Waals surface area contributed by atoms with Crippen LogP contribution in [0, 0.1) is 0 Å². The van der Waals surface area contributed by atoms with Crippen molar-refractivity contribution in [2.75, 3.05) is 117 Å². The molecule has 0 aromatic carbocycles. The van der Waals surface area contributed by atoms with Gasteiger partial charge < -0.3 is 45.6 Å². The first-order valence-corrected chi connectivity index (χ1v) is 17.0. The van der Waals surface area contributed by atoms with Gasteiger partial charge in [0.2, 0.25) is 0 Å². The van der Waals surface area contributed by atoms with Crippen LogP contribution in [0.5, 0.6) is 0 Å². The van der Waals surface area contributed by atoms with Gasteiger partial charge in [-0.05, 0) is 13.0 Å². The zero-order chi connectivity index (χ0) is 41.1. The third kappa shape index (κ3) is 35.6. The summed E-state index contributed by atoms with van der Waals surface area (Å²) in [7, 11) is -3.78. The fraction of sp³-hybridized carbons (Fsp3) is 0.704. The molecular weight excluding hydrogens is 746 g/mol. The second-order valence-corrected chi connectivity index (χ2v) is 12.7. The minimum Gasteiger partial charge on any atom is -0.480 e. The van der Waals surface area contributed by atoms with Gasteiger partial charge in [-0.3, -0.25) is 67.4 Å². The normalized spacial score (nSPS) is 13.1. The van der Waals surface area contributed by atoms with Crippen molar-refractivity contribution in [1.82, 2.24) is 24.5 Å². The second kappa shape index (κ2) is 28.0. The van der Waals surface area contributed by atoms with Crippen LogP contribution in [0.1, 0.15) is 6.42 Å². The Morgan fingerprint density at radius 1 is 0.472 bits per heavy atom. The summed E-state index contributed by atoms with van der Waals surface area (Å²) in [4.78, 5) is 90.9. The van der Waals surface area contributed by atoms with Crippen LogP contribution >= 0.6 is 0 Å². The molecule has 9 N–H and O–H groups in total. The van der Waals surface area contributed by atoms with Crippen molar-refractivity contribution in [3.63, 3.8) is 0 Å². The van der Waals surface area contributed by atoms with Crippen molar-refractivity contribution in [3.8, 4) is 0 Å². The molecule has 0 bridgehead atoms. The second-order valence-electron chi connectivity index (χ2n) is 11.1. The van der Waals surface area contributed by atoms with Gasteiger partial charge in [0.05, 0.1) is 71.3 Å². The first-order valence-electron chi connectivity index (χ1n) is 15.4. The largest absolute Gasteiger partial charge is 0.480 e. The van der Waals surface area contributed by atoms with E-state index in [-0.39, 0.29) is 31.9 Å². The van der Waals surface area contributed by atoms with Gasteiger partial charge in [-0.1, -0.05) is 0 Å². The highest BCUT2D eigenvalue weighted by atomic mass is 32.2. The number of carbonyl (C=O) groups is 8. The Morgan fingerprint density at radius 3 is 0.887 bits per heavy atom. The van der Waals surface area contributed by atoms with E-state index in [0.29, 0.717) is 26.2 Å². The maximum Gasteiger partial charge on any atom is 0.317 e. The number of rotatable bonds is 26. The third-order valence-corrected chi connectivity index (χ3v) is 7.12. The van der Waals surface area contributed by atoms with Crippen LogP contribution in [-0.4, -0.2) is 243 Å². The van der Waals surface area contributed by atoms with Crippen LogP contribution in [0.25, 0.3) is 0 Å². The molecule has 1 saturated heterocycles. The first-order chi connectivity index (χ1) is 24.5. The number of nitrogens with zero attached hydrogens (tertiary/aromatic N) is 5. The summed E-state index contributed by atoms with van der Waals surface area (Å²) in [6.45, 7) is -0.656. The van der Waals surface area contributed by atoms with Gasteiger partial charge in [-0.25, -0.2) is 0 Å². The van der Waals surface area contributed by atoms with E-state index in [1.165, 1.54) is 0 Å². The lowest BCUT2D eigenvalue weighted by molar-refractivity contribution is -0.145. The molecule has 0 aliphatic carbocycles. The van der Waals surface area contributed by atoms with E-state index in [1.807, 2.05) is 0 Å². The van der Waals surface area contributed by atoms with Gasteiger partial charge in [0.1, 0.15) is 0 Å². The zero-order valence-corrected chi connectivity index (χ0v) is 29.4. The standard InChI is InChI=1S/2C10H16N2O8.C7H15NO4S/c2*13-7(14)3-11(4-8(15)16)1-2-12(5-9(17)18)6-10(19)20;9-13(10,11)7-1-2-8-3-5-12-6-4-8/h2*1-6H2,(H,13,14)(H,15,16)(H,17,18)(H,19,20);1-7H2,(H,9,10,11). The van der Waals surface area contributed by atoms with Crippen LogP contribution < -0.4 is 0 Å². The summed E-state index contributed by atoms with van der Waals surface area (Å²) in [5.74, 6) is -9.97. The highest BCUT2D eigenvalue weighted by Gasteiger charge is 2.19. The Labute approximate surface area is 302 Å². The molecule has 53 heavy (non-hydrogen) atoms. The zero-order valence-electron chi connectivity index (χ0n) is 28.6. The molecule has 26 heteroatoms. The monoisotopic (exact) mass is 793 g/mol. The van der Waals surface area contributed by atoms with Crippen LogP contribution in [0.4, 0.5) is 0 Å². The third-order valence-electron chi connectivity index (χ3n) is 6.32. The molecule has 1 aliphatic heterocycles. The molecule has 0 spiro atoms. The van der Waals surface area contributed by atoms with E-state index in [9.17, 15) is 46.8 Å². The molecule has 1 rings (SSSR count). The smallest absolute Gasteiger partial charge is 0.317 e. The Morgan fingerprint density at radius 2 is 0.698 bits per heavy atom. The fourth-order valence-corrected chi connectivity index (χ4v) is 4.74. The molecule has 0 unspecified atom stereocenters. The Hall–Kier alpha value is -4.57. The summed E-state index contributed by atoms with van der Waals surface area (Å²) in [5, 5.41) is 68.9. The van der Waals surface area contributed by atoms with E-state index in [0.717, 1.165) is 32.7 Å². The summed E-state index contributed by atoms with van der Waals surface area (Å²) in [6, 6.07) is 0. The number of hydrogen-bond donors (Lipinski definition) is 9. The van der Waals surface area contributed by atoms with Crippen molar-refractivity contribution in [2.24, 2.45) is 0 Å². The molecule has 0 saturated carbocycles. The lowest BCUT2D eigenvalue weighted by Gasteiger charge is -2.26. The van der Waals surface area contributed by atoms with Gasteiger partial charge in [0, 0.05) is 39.3 Å². The van der Waals surface area contributed by atoms with Crippen molar-refractivity contribution >= 4 is 57.9 Å². The predicted molar refractivity (Wildman–Crippen MR) is 175 cm³/mol. The summed E-state index contributed by atoms with van der Waals surface area (Å²) < 4.78 is 34.4. The van der Waals surface area contributed by atoms with Crippen molar-refractivity contribution in [2.45, 2.75) is 6.42 Å². The molecule has 306 valence electrons. The number of hydrogen-bond acceptors (Lipinski definition) is 16. The number of carboxylic acid groups (broad SMARTS) is 8. The molecule has 0 aromatic heterocycles. The maximum absolute atomic E-state index is 10.6. The van der Waals surface area contributed by atoms with Crippen LogP contribution in [0.2, 0.25) is 0 Å². The van der Waals surface area contributed by atoms with Crippen molar-refractivity contribution < 1.29 is 96.9 Å². The maximum atomic E-state index is 10.6. The minimum absolute atomic E-state index is 0.0703. The number of ether oxygens (including phenoxy) is 1. The van der Waals surface area contributed by atoms with Gasteiger partial charge in [-0.2, -0.15) is 8.42 Å². The number of carboxylic acids is 8. The molecule has 1 fully saturated rings. The Bertz CT molecular complexity index is 1100. The molecule has 0 atom stereocenters. The van der Waals surface area contributed by atoms with E-state index < -0.39 is 110 Å². The number of aliphatic carboxylic acids is 8. The molecule has 0 aromatic rings. The first kappa shape index (κ1) is 50.5. The quantitative estimate of drug-likeness (QED) is 0.0372. The lowest BCUT2D eigenvalue weighted by Crippen LogP contribution is -2.43. The van der Waals surface area contributed by atoms with Crippen molar-refractivity contribution in [3.05, 3.63) is 0 Å². The topological polar surface area (TPSA) is 378 Å². The molecule has 0 radical (unpaired) electrons. The molecule has 25 nitrogen and oxygen atoms in total. The van der Waals surface area contributed by atoms with E-state index >= 15 is 0 Å². The van der Waals surface area contributed by atoms with Gasteiger partial charge in [0.25, 0.3) is 10.1 Å². The van der Waals surface area contributed by atoms with E-state index in [1.54, 1.807) is 0 Å². The molecular formula is C27H47N5O20S. The van der Waals surface area contributed by atoms with Gasteiger partial charge in [-0.15, -0.1) is 0 Å². The lowest BCUT2D eigenvalue weighted by atomic mass is 10.4. The summed E-state index contributed by atoms with van der Waals surface area (Å²) in [6.07, 6.45) is 0.485. The van der Waals surface area contributed by atoms with Gasteiger partial charge in [0.15, 0.2) is 0 Å². The molecule has 1 aliphatic rings. The van der Waals surface area contributed by atoms with Crippen molar-refractivity contribution in [1.29, 1.82) is 0 Å². The van der Waals surface area contributed by atoms with Crippen LogP contribution in [0.3, 0.4) is 0 Å². The van der Waals surface area contributed by atoms with Crippen LogP contribution in [0.15, 0.2) is 0 Å². The Kier molecular flexibility index (Phi) is 26.7. The Balaban J connectivity index is 0. The summed E-state index contributed by atoms with van der Waals surface area (Å²) >= 11 is 0. The molecule has 1 heterocycles.